The molecule has 0 aliphatic carbocycles. The van der Waals surface area contributed by atoms with Crippen molar-refractivity contribution in [1.82, 2.24) is 4.98 Å². The minimum absolute atomic E-state index is 0.195. The van der Waals surface area contributed by atoms with Gasteiger partial charge < -0.3 is 4.74 Å². The van der Waals surface area contributed by atoms with Crippen molar-refractivity contribution in [2.75, 3.05) is 0 Å². The Morgan fingerprint density at radius 1 is 1.45 bits per heavy atom. The van der Waals surface area contributed by atoms with Crippen molar-refractivity contribution < 1.29 is 36.4 Å². The lowest BCUT2D eigenvalue weighted by atomic mass is 10.1. The predicted octanol–water partition coefficient (Wildman–Crippen LogP) is 3.20. The van der Waals surface area contributed by atoms with Crippen molar-refractivity contribution in [3.8, 4) is 5.75 Å². The monoisotopic (exact) mass is 320 g/mol. The molecule has 0 atom stereocenters. The molecule has 12 heteroatoms. The zero-order valence-corrected chi connectivity index (χ0v) is 9.71. The minimum atomic E-state index is -5.47. The molecule has 0 aromatic carbocycles. The van der Waals surface area contributed by atoms with Gasteiger partial charge in [-0.2, -0.15) is 0 Å². The van der Waals surface area contributed by atoms with Crippen LogP contribution in [0.15, 0.2) is 6.20 Å². The van der Waals surface area contributed by atoms with Gasteiger partial charge in [-0.1, -0.05) is 0 Å². The second-order valence-electron chi connectivity index (χ2n) is 3.11. The first-order chi connectivity index (χ1) is 9.04. The van der Waals surface area contributed by atoms with Crippen LogP contribution in [-0.4, -0.2) is 21.5 Å². The fraction of sp³-hybridized carbons (Fsp3) is 0.250. The number of aromatic nitrogens is 1. The Hall–Kier alpha value is -2.04. The summed E-state index contributed by atoms with van der Waals surface area (Å²) >= 11 is 4.88. The van der Waals surface area contributed by atoms with Crippen LogP contribution in [0.4, 0.5) is 27.6 Å². The summed E-state index contributed by atoms with van der Waals surface area (Å²) in [5.41, 5.74) is -4.46. The lowest BCUT2D eigenvalue weighted by Crippen LogP contribution is -2.21. The average molecular weight is 321 g/mol. The van der Waals surface area contributed by atoms with Crippen molar-refractivity contribution in [2.24, 2.45) is 0 Å². The van der Waals surface area contributed by atoms with Crippen molar-refractivity contribution in [2.45, 2.75) is 12.8 Å². The van der Waals surface area contributed by atoms with Crippen molar-refractivity contribution >= 4 is 22.5 Å². The molecule has 1 heterocycles. The van der Waals surface area contributed by atoms with E-state index in [-0.39, 0.29) is 6.20 Å². The van der Waals surface area contributed by atoms with E-state index in [9.17, 15) is 36.9 Å². The number of carbonyl (C=O) groups excluding carboxylic acids is 1. The number of alkyl halides is 5. The third kappa shape index (κ3) is 3.50. The average Bonchev–Trinajstić information content (AvgIpc) is 2.24. The van der Waals surface area contributed by atoms with Gasteiger partial charge in [-0.15, -0.1) is 13.2 Å². The summed E-state index contributed by atoms with van der Waals surface area (Å²) in [4.78, 5) is 22.9. The van der Waals surface area contributed by atoms with Crippen LogP contribution in [0, 0.1) is 10.1 Å². The van der Waals surface area contributed by atoms with E-state index < -0.39 is 45.6 Å². The van der Waals surface area contributed by atoms with Gasteiger partial charge >= 0.3 is 6.36 Å². The number of carbonyl (C=O) groups is 1. The van der Waals surface area contributed by atoms with Crippen LogP contribution in [0.1, 0.15) is 22.5 Å². The molecule has 1 aromatic heterocycles. The number of ether oxygens (including phenoxy) is 1. The molecular formula is C8H2ClF5N2O4. The van der Waals surface area contributed by atoms with Crippen molar-refractivity contribution in [1.29, 1.82) is 0 Å². The summed E-state index contributed by atoms with van der Waals surface area (Å²) in [6.45, 7) is 0. The molecule has 1 aromatic rings. The number of halogens is 6. The second kappa shape index (κ2) is 5.53. The number of pyridine rings is 1. The topological polar surface area (TPSA) is 82.3 Å². The third-order valence-electron chi connectivity index (χ3n) is 1.87. The van der Waals surface area contributed by atoms with E-state index in [0.717, 1.165) is 0 Å². The standard InChI is InChI=1S/C8H2ClF5N2O4/c9-6(17)4-5(20-8(12,13)14)3(7(10)11)2(1-15-4)16(18)19/h1,7H. The summed E-state index contributed by atoms with van der Waals surface area (Å²) < 4.78 is 65.1. The number of nitro groups is 1. The van der Waals surface area contributed by atoms with E-state index in [2.05, 4.69) is 9.72 Å². The SMILES string of the molecule is O=C(Cl)c1ncc([N+](=O)[O-])c(C(F)F)c1OC(F)(F)F. The molecule has 0 bridgehead atoms. The molecule has 0 aliphatic heterocycles. The number of rotatable bonds is 4. The van der Waals surface area contributed by atoms with Gasteiger partial charge in [0.1, 0.15) is 11.8 Å². The zero-order chi connectivity index (χ0) is 15.7. The summed E-state index contributed by atoms with van der Waals surface area (Å²) in [6, 6.07) is 0. The Morgan fingerprint density at radius 2 is 2.00 bits per heavy atom. The van der Waals surface area contributed by atoms with Crippen LogP contribution in [0.25, 0.3) is 0 Å². The maximum absolute atomic E-state index is 12.7. The number of nitrogens with zero attached hydrogens (tertiary/aromatic N) is 2. The molecule has 0 amide bonds. The van der Waals surface area contributed by atoms with Crippen molar-refractivity contribution in [3.63, 3.8) is 0 Å². The minimum Gasteiger partial charge on any atom is -0.402 e. The summed E-state index contributed by atoms with van der Waals surface area (Å²) in [6.07, 6.45) is -8.99. The summed E-state index contributed by atoms with van der Waals surface area (Å²) in [5.74, 6) is -1.79. The van der Waals surface area contributed by atoms with E-state index in [1.807, 2.05) is 0 Å². The molecule has 0 N–H and O–H groups in total. The fourth-order valence-corrected chi connectivity index (χ4v) is 1.35. The zero-order valence-electron chi connectivity index (χ0n) is 8.95. The highest BCUT2D eigenvalue weighted by molar-refractivity contribution is 6.67. The maximum Gasteiger partial charge on any atom is 0.573 e. The first-order valence-corrected chi connectivity index (χ1v) is 4.83. The van der Waals surface area contributed by atoms with Gasteiger partial charge in [-0.05, 0) is 11.6 Å². The fourth-order valence-electron chi connectivity index (χ4n) is 1.21. The molecule has 0 radical (unpaired) electrons. The van der Waals surface area contributed by atoms with E-state index >= 15 is 0 Å². The second-order valence-corrected chi connectivity index (χ2v) is 3.46. The first kappa shape index (κ1) is 16.0. The van der Waals surface area contributed by atoms with Gasteiger partial charge in [0.25, 0.3) is 17.4 Å². The Balaban J connectivity index is 3.65. The largest absolute Gasteiger partial charge is 0.573 e. The van der Waals surface area contributed by atoms with Crippen LogP contribution in [-0.2, 0) is 0 Å². The van der Waals surface area contributed by atoms with Gasteiger partial charge in [-0.25, -0.2) is 13.8 Å². The van der Waals surface area contributed by atoms with Crippen LogP contribution in [0.3, 0.4) is 0 Å². The molecule has 110 valence electrons. The molecule has 0 unspecified atom stereocenters. The smallest absolute Gasteiger partial charge is 0.402 e. The number of hydrogen-bond donors (Lipinski definition) is 0. The third-order valence-corrected chi connectivity index (χ3v) is 2.05. The molecule has 0 fully saturated rings. The van der Waals surface area contributed by atoms with Gasteiger partial charge in [0.05, 0.1) is 4.92 Å². The molecule has 6 nitrogen and oxygen atoms in total. The Kier molecular flexibility index (Phi) is 4.43. The van der Waals surface area contributed by atoms with E-state index in [4.69, 9.17) is 11.6 Å². The van der Waals surface area contributed by atoms with Crippen LogP contribution in [0.5, 0.6) is 5.75 Å². The highest BCUT2D eigenvalue weighted by atomic mass is 35.5. The summed E-state index contributed by atoms with van der Waals surface area (Å²) in [7, 11) is 0. The maximum atomic E-state index is 12.7. The lowest BCUT2D eigenvalue weighted by molar-refractivity contribution is -0.386. The van der Waals surface area contributed by atoms with Crippen LogP contribution >= 0.6 is 11.6 Å². The molecular weight excluding hydrogens is 319 g/mol. The van der Waals surface area contributed by atoms with E-state index in [1.165, 1.54) is 0 Å². The Morgan fingerprint density at radius 3 is 2.35 bits per heavy atom. The van der Waals surface area contributed by atoms with E-state index in [1.54, 1.807) is 0 Å². The van der Waals surface area contributed by atoms with Crippen LogP contribution in [0.2, 0.25) is 0 Å². The highest BCUT2D eigenvalue weighted by Gasteiger charge is 2.39. The number of hydrogen-bond acceptors (Lipinski definition) is 5. The van der Waals surface area contributed by atoms with Crippen LogP contribution < -0.4 is 4.74 Å². The molecule has 0 aliphatic rings. The lowest BCUT2D eigenvalue weighted by Gasteiger charge is -2.14. The highest BCUT2D eigenvalue weighted by Crippen LogP contribution is 2.40. The quantitative estimate of drug-likeness (QED) is 0.368. The van der Waals surface area contributed by atoms with Crippen molar-refractivity contribution in [3.05, 3.63) is 27.6 Å². The molecule has 0 saturated carbocycles. The normalized spacial score (nSPS) is 11.6. The Labute approximate surface area is 111 Å². The molecule has 0 saturated heterocycles. The molecule has 1 rings (SSSR count). The van der Waals surface area contributed by atoms with E-state index in [0.29, 0.717) is 0 Å². The van der Waals surface area contributed by atoms with Gasteiger partial charge in [-0.3, -0.25) is 14.9 Å². The summed E-state index contributed by atoms with van der Waals surface area (Å²) in [5, 5.41) is 8.86. The van der Waals surface area contributed by atoms with Gasteiger partial charge in [0.15, 0.2) is 11.4 Å². The predicted molar refractivity (Wildman–Crippen MR) is 52.7 cm³/mol. The van der Waals surface area contributed by atoms with Gasteiger partial charge in [0, 0.05) is 0 Å². The molecule has 0 spiro atoms. The molecule has 20 heavy (non-hydrogen) atoms. The van der Waals surface area contributed by atoms with Gasteiger partial charge in [0.2, 0.25) is 0 Å². The Bertz CT molecular complexity index is 563. The first-order valence-electron chi connectivity index (χ1n) is 4.45.